The maximum atomic E-state index is 11.3. The van der Waals surface area contributed by atoms with Gasteiger partial charge in [0, 0.05) is 24.2 Å². The fourth-order valence-corrected chi connectivity index (χ4v) is 4.56. The molecule has 1 rings (SSSR count). The van der Waals surface area contributed by atoms with Gasteiger partial charge in [-0.25, -0.2) is 0 Å². The topological polar surface area (TPSA) is 93.1 Å². The molecule has 1 aliphatic rings. The Morgan fingerprint density at radius 2 is 2.12 bits per heavy atom. The number of hydrogen-bond acceptors (Lipinski definition) is 8. The van der Waals surface area contributed by atoms with Crippen LogP contribution in [0.3, 0.4) is 0 Å². The van der Waals surface area contributed by atoms with Crippen molar-refractivity contribution in [2.24, 2.45) is 5.92 Å². The molecule has 8 heteroatoms. The molecule has 0 spiro atoms. The fraction of sp³-hybridized carbons (Fsp3) is 0.667. The van der Waals surface area contributed by atoms with Gasteiger partial charge in [-0.05, 0) is 24.3 Å². The summed E-state index contributed by atoms with van der Waals surface area (Å²) in [6.07, 6.45) is 4.01. The van der Waals surface area contributed by atoms with E-state index in [-0.39, 0.29) is 18.3 Å². The van der Waals surface area contributed by atoms with E-state index >= 15 is 0 Å². The number of esters is 2. The lowest BCUT2D eigenvalue weighted by Crippen LogP contribution is -2.14. The molecule has 0 aromatic carbocycles. The van der Waals surface area contributed by atoms with Gasteiger partial charge in [0.2, 0.25) is 0 Å². The van der Waals surface area contributed by atoms with Crippen molar-refractivity contribution in [3.8, 4) is 0 Å². The van der Waals surface area contributed by atoms with Gasteiger partial charge in [0.1, 0.15) is 5.76 Å². The highest BCUT2D eigenvalue weighted by atomic mass is 32.2. The van der Waals surface area contributed by atoms with E-state index in [1.165, 1.54) is 25.8 Å². The highest BCUT2D eigenvalue weighted by Crippen LogP contribution is 2.41. The number of carbonyl (C=O) groups is 2. The van der Waals surface area contributed by atoms with Crippen LogP contribution in [-0.2, 0) is 19.1 Å². The summed E-state index contributed by atoms with van der Waals surface area (Å²) >= 11 is 3.06. The molecule has 0 heterocycles. The van der Waals surface area contributed by atoms with Gasteiger partial charge in [-0.15, -0.1) is 11.8 Å². The normalized spacial score (nSPS) is 21.3. The molecule has 1 aliphatic carbocycles. The largest absolute Gasteiger partial charge is 0.468 e. The molecule has 3 atom stereocenters. The zero-order valence-electron chi connectivity index (χ0n) is 15.5. The summed E-state index contributed by atoms with van der Waals surface area (Å²) < 4.78 is 9.87. The maximum absolute atomic E-state index is 11.3. The Morgan fingerprint density at radius 3 is 2.73 bits per heavy atom. The summed E-state index contributed by atoms with van der Waals surface area (Å²) in [6.45, 7) is 3.22. The van der Waals surface area contributed by atoms with E-state index in [4.69, 9.17) is 4.74 Å². The van der Waals surface area contributed by atoms with Crippen LogP contribution in [0.5, 0.6) is 0 Å². The van der Waals surface area contributed by atoms with Crippen molar-refractivity contribution in [3.63, 3.8) is 0 Å². The summed E-state index contributed by atoms with van der Waals surface area (Å²) in [4.78, 5) is 23.2. The minimum atomic E-state index is -0.666. The van der Waals surface area contributed by atoms with Crippen molar-refractivity contribution >= 4 is 35.5 Å². The van der Waals surface area contributed by atoms with E-state index < -0.39 is 18.2 Å². The molecule has 0 fully saturated rings. The van der Waals surface area contributed by atoms with Crippen molar-refractivity contribution in [3.05, 3.63) is 22.8 Å². The molecule has 0 aliphatic heterocycles. The van der Waals surface area contributed by atoms with Crippen LogP contribution >= 0.6 is 23.5 Å². The van der Waals surface area contributed by atoms with Crippen LogP contribution in [0, 0.1) is 5.92 Å². The zero-order valence-corrected chi connectivity index (χ0v) is 17.1. The van der Waals surface area contributed by atoms with Crippen LogP contribution < -0.4 is 0 Å². The smallest absolute Gasteiger partial charge is 0.315 e. The van der Waals surface area contributed by atoms with Crippen molar-refractivity contribution in [2.45, 2.75) is 45.3 Å². The Bertz CT molecular complexity index is 532. The van der Waals surface area contributed by atoms with E-state index in [1.807, 2.05) is 6.92 Å². The van der Waals surface area contributed by atoms with Gasteiger partial charge in [-0.2, -0.15) is 11.8 Å². The van der Waals surface area contributed by atoms with Crippen molar-refractivity contribution in [1.82, 2.24) is 0 Å². The number of aliphatic hydroxyl groups is 2. The van der Waals surface area contributed by atoms with E-state index in [9.17, 15) is 19.8 Å². The second-order valence-electron chi connectivity index (χ2n) is 5.87. The van der Waals surface area contributed by atoms with Crippen molar-refractivity contribution < 1.29 is 29.3 Å². The molecule has 26 heavy (non-hydrogen) atoms. The summed E-state index contributed by atoms with van der Waals surface area (Å²) in [5, 5.41) is 20.0. The Kier molecular flexibility index (Phi) is 11.0. The number of thioether (sulfide) groups is 2. The van der Waals surface area contributed by atoms with Gasteiger partial charge < -0.3 is 19.7 Å². The predicted molar refractivity (Wildman–Crippen MR) is 105 cm³/mol. The number of rotatable bonds is 11. The average Bonchev–Trinajstić information content (AvgIpc) is 2.89. The van der Waals surface area contributed by atoms with E-state index in [0.717, 1.165) is 22.8 Å². The Balaban J connectivity index is 2.64. The van der Waals surface area contributed by atoms with Crippen molar-refractivity contribution in [1.29, 1.82) is 0 Å². The molecule has 2 N–H and O–H groups in total. The van der Waals surface area contributed by atoms with Crippen LogP contribution in [0.1, 0.15) is 33.1 Å². The van der Waals surface area contributed by atoms with E-state index in [0.29, 0.717) is 17.9 Å². The van der Waals surface area contributed by atoms with Gasteiger partial charge >= 0.3 is 11.9 Å². The molecule has 0 aromatic heterocycles. The number of carbonyl (C=O) groups excluding carboxylic acids is 2. The van der Waals surface area contributed by atoms with Crippen molar-refractivity contribution in [2.75, 3.05) is 24.4 Å². The summed E-state index contributed by atoms with van der Waals surface area (Å²) in [6, 6.07) is 0. The first-order chi connectivity index (χ1) is 12.4. The monoisotopic (exact) mass is 404 g/mol. The first-order valence-electron chi connectivity index (χ1n) is 8.62. The molecule has 148 valence electrons. The van der Waals surface area contributed by atoms with Crippen LogP contribution in [0.15, 0.2) is 22.8 Å². The minimum Gasteiger partial charge on any atom is -0.468 e. The first-order valence-corrected chi connectivity index (χ1v) is 10.8. The quantitative estimate of drug-likeness (QED) is 0.308. The number of hydrogen-bond donors (Lipinski definition) is 2. The number of aliphatic hydroxyl groups excluding tert-OH is 2. The highest BCUT2D eigenvalue weighted by molar-refractivity contribution is 8.03. The SMILES string of the molecule is CCC(O)/C=C/[C@@H]1C(SCCCSCC(=O)OC)=C(OC(C)=O)CC1O. The van der Waals surface area contributed by atoms with Gasteiger partial charge in [0.15, 0.2) is 0 Å². The van der Waals surface area contributed by atoms with Crippen LogP contribution in [0.2, 0.25) is 0 Å². The molecule has 0 amide bonds. The van der Waals surface area contributed by atoms with Crippen LogP contribution in [0.25, 0.3) is 0 Å². The van der Waals surface area contributed by atoms with E-state index in [2.05, 4.69) is 4.74 Å². The van der Waals surface area contributed by atoms with Gasteiger partial charge in [-0.1, -0.05) is 19.1 Å². The molecule has 6 nitrogen and oxygen atoms in total. The summed E-state index contributed by atoms with van der Waals surface area (Å²) in [5.41, 5.74) is 0. The Morgan fingerprint density at radius 1 is 1.38 bits per heavy atom. The molecular formula is C18H28O6S2. The third kappa shape index (κ3) is 8.16. The molecule has 2 unspecified atom stereocenters. The first kappa shape index (κ1) is 23.1. The lowest BCUT2D eigenvalue weighted by atomic mass is 10.0. The third-order valence-electron chi connectivity index (χ3n) is 3.75. The lowest BCUT2D eigenvalue weighted by Gasteiger charge is -2.15. The van der Waals surface area contributed by atoms with Gasteiger partial charge in [-0.3, -0.25) is 9.59 Å². The molecule has 0 aromatic rings. The zero-order chi connectivity index (χ0) is 19.5. The van der Waals surface area contributed by atoms with Gasteiger partial charge in [0.05, 0.1) is 25.1 Å². The van der Waals surface area contributed by atoms with Gasteiger partial charge in [0.25, 0.3) is 0 Å². The lowest BCUT2D eigenvalue weighted by molar-refractivity contribution is -0.138. The second-order valence-corrected chi connectivity index (χ2v) is 8.11. The second kappa shape index (κ2) is 12.4. The number of methoxy groups -OCH3 is 1. The van der Waals surface area contributed by atoms with Crippen LogP contribution in [0.4, 0.5) is 0 Å². The third-order valence-corrected chi connectivity index (χ3v) is 6.07. The molecule has 0 radical (unpaired) electrons. The average molecular weight is 405 g/mol. The Hall–Kier alpha value is -0.960. The fourth-order valence-electron chi connectivity index (χ4n) is 2.38. The molecule has 0 bridgehead atoms. The molecule has 0 saturated carbocycles. The molecule has 0 saturated heterocycles. The minimum absolute atomic E-state index is 0.235. The predicted octanol–water partition coefficient (Wildman–Crippen LogP) is 2.50. The Labute approximate surface area is 163 Å². The number of ether oxygens (including phenoxy) is 2. The van der Waals surface area contributed by atoms with E-state index in [1.54, 1.807) is 23.9 Å². The summed E-state index contributed by atoms with van der Waals surface area (Å²) in [7, 11) is 1.37. The van der Waals surface area contributed by atoms with Crippen LogP contribution in [-0.4, -0.2) is 58.7 Å². The summed E-state index contributed by atoms with van der Waals surface area (Å²) in [5.74, 6) is 1.52. The standard InChI is InChI=1S/C18H28O6S2/c1-4-13(20)6-7-14-15(21)10-16(24-12(2)19)18(14)26-9-5-8-25-11-17(22)23-3/h6-7,13-15,20-21H,4-5,8-11H2,1-3H3/b7-6+/t13?,14-,15?/m0/s1. The maximum Gasteiger partial charge on any atom is 0.315 e. The highest BCUT2D eigenvalue weighted by Gasteiger charge is 2.34. The molecular weight excluding hydrogens is 376 g/mol.